The molecule has 0 aromatic heterocycles. The SMILES string of the molecule is CCC(C)C(NC(=O)COC(=O)c1ccccc1)C(=O)OC. The van der Waals surface area contributed by atoms with E-state index < -0.39 is 30.5 Å². The molecule has 6 nitrogen and oxygen atoms in total. The molecule has 0 spiro atoms. The van der Waals surface area contributed by atoms with Crippen molar-refractivity contribution in [2.75, 3.05) is 13.7 Å². The Hall–Kier alpha value is -2.37. The maximum Gasteiger partial charge on any atom is 0.338 e. The van der Waals surface area contributed by atoms with Crippen LogP contribution in [0.1, 0.15) is 30.6 Å². The fourth-order valence-electron chi connectivity index (χ4n) is 1.80. The lowest BCUT2D eigenvalue weighted by molar-refractivity contribution is -0.147. The Morgan fingerprint density at radius 1 is 1.18 bits per heavy atom. The number of amides is 1. The van der Waals surface area contributed by atoms with Gasteiger partial charge in [0.15, 0.2) is 6.61 Å². The number of rotatable bonds is 7. The molecule has 2 atom stereocenters. The van der Waals surface area contributed by atoms with E-state index in [-0.39, 0.29) is 5.92 Å². The number of hydrogen-bond acceptors (Lipinski definition) is 5. The summed E-state index contributed by atoms with van der Waals surface area (Å²) in [5.41, 5.74) is 0.363. The molecule has 0 aliphatic heterocycles. The molecule has 1 aromatic rings. The fraction of sp³-hybridized carbons (Fsp3) is 0.438. The highest BCUT2D eigenvalue weighted by atomic mass is 16.5. The smallest absolute Gasteiger partial charge is 0.338 e. The Bertz CT molecular complexity index is 515. The molecular formula is C16H21NO5. The van der Waals surface area contributed by atoms with Crippen molar-refractivity contribution in [3.05, 3.63) is 35.9 Å². The van der Waals surface area contributed by atoms with Gasteiger partial charge in [0.2, 0.25) is 0 Å². The Kier molecular flexibility index (Phi) is 7.08. The summed E-state index contributed by atoms with van der Waals surface area (Å²) in [7, 11) is 1.26. The molecule has 0 heterocycles. The van der Waals surface area contributed by atoms with E-state index >= 15 is 0 Å². The van der Waals surface area contributed by atoms with Crippen LogP contribution in [0.15, 0.2) is 30.3 Å². The molecule has 1 rings (SSSR count). The molecule has 1 aromatic carbocycles. The molecule has 0 aliphatic carbocycles. The molecule has 0 saturated carbocycles. The molecular weight excluding hydrogens is 286 g/mol. The first kappa shape index (κ1) is 17.7. The minimum Gasteiger partial charge on any atom is -0.467 e. The quantitative estimate of drug-likeness (QED) is 0.773. The second-order valence-corrected chi connectivity index (χ2v) is 4.90. The summed E-state index contributed by atoms with van der Waals surface area (Å²) in [4.78, 5) is 35.2. The molecule has 0 fully saturated rings. The molecule has 0 aliphatic rings. The number of carbonyl (C=O) groups excluding carboxylic acids is 3. The first-order valence-electron chi connectivity index (χ1n) is 7.09. The number of carbonyl (C=O) groups is 3. The predicted octanol–water partition coefficient (Wildman–Crippen LogP) is 1.55. The highest BCUT2D eigenvalue weighted by Gasteiger charge is 2.26. The summed E-state index contributed by atoms with van der Waals surface area (Å²) >= 11 is 0. The van der Waals surface area contributed by atoms with Gasteiger partial charge in [-0.2, -0.15) is 0 Å². The zero-order valence-electron chi connectivity index (χ0n) is 13.0. The van der Waals surface area contributed by atoms with Crippen LogP contribution in [0.2, 0.25) is 0 Å². The lowest BCUT2D eigenvalue weighted by Gasteiger charge is -2.21. The van der Waals surface area contributed by atoms with Crippen LogP contribution in [0.5, 0.6) is 0 Å². The topological polar surface area (TPSA) is 81.7 Å². The molecule has 2 unspecified atom stereocenters. The molecule has 0 bridgehead atoms. The molecule has 1 amide bonds. The Morgan fingerprint density at radius 2 is 1.82 bits per heavy atom. The maximum absolute atomic E-state index is 11.8. The lowest BCUT2D eigenvalue weighted by atomic mass is 9.99. The van der Waals surface area contributed by atoms with Crippen molar-refractivity contribution in [2.24, 2.45) is 5.92 Å². The first-order valence-corrected chi connectivity index (χ1v) is 7.09. The van der Waals surface area contributed by atoms with E-state index in [1.807, 2.05) is 13.8 Å². The third-order valence-electron chi connectivity index (χ3n) is 3.33. The van der Waals surface area contributed by atoms with Crippen LogP contribution in [0.3, 0.4) is 0 Å². The second-order valence-electron chi connectivity index (χ2n) is 4.90. The summed E-state index contributed by atoms with van der Waals surface area (Å²) in [5, 5.41) is 2.53. The van der Waals surface area contributed by atoms with Crippen molar-refractivity contribution >= 4 is 17.8 Å². The van der Waals surface area contributed by atoms with E-state index in [0.717, 1.165) is 0 Å². The van der Waals surface area contributed by atoms with Gasteiger partial charge in [0.05, 0.1) is 12.7 Å². The Morgan fingerprint density at radius 3 is 2.36 bits per heavy atom. The van der Waals surface area contributed by atoms with E-state index in [4.69, 9.17) is 4.74 Å². The zero-order valence-corrected chi connectivity index (χ0v) is 13.0. The van der Waals surface area contributed by atoms with Crippen molar-refractivity contribution in [1.29, 1.82) is 0 Å². The highest BCUT2D eigenvalue weighted by molar-refractivity contribution is 5.92. The van der Waals surface area contributed by atoms with Crippen molar-refractivity contribution < 1.29 is 23.9 Å². The average molecular weight is 307 g/mol. The second kappa shape index (κ2) is 8.81. The predicted molar refractivity (Wildman–Crippen MR) is 80.1 cm³/mol. The van der Waals surface area contributed by atoms with Crippen LogP contribution in [0.4, 0.5) is 0 Å². The van der Waals surface area contributed by atoms with Gasteiger partial charge in [-0.25, -0.2) is 9.59 Å². The number of esters is 2. The van der Waals surface area contributed by atoms with Gasteiger partial charge in [-0.15, -0.1) is 0 Å². The lowest BCUT2D eigenvalue weighted by Crippen LogP contribution is -2.47. The molecule has 1 N–H and O–H groups in total. The van der Waals surface area contributed by atoms with E-state index in [2.05, 4.69) is 10.1 Å². The van der Waals surface area contributed by atoms with Gasteiger partial charge >= 0.3 is 11.9 Å². The number of hydrogen-bond donors (Lipinski definition) is 1. The summed E-state index contributed by atoms with van der Waals surface area (Å²) in [6.45, 7) is 3.29. The van der Waals surface area contributed by atoms with Gasteiger partial charge < -0.3 is 14.8 Å². The van der Waals surface area contributed by atoms with Crippen LogP contribution in [0, 0.1) is 5.92 Å². The van der Waals surface area contributed by atoms with Crippen LogP contribution in [-0.2, 0) is 19.1 Å². The van der Waals surface area contributed by atoms with E-state index in [9.17, 15) is 14.4 Å². The van der Waals surface area contributed by atoms with Crippen molar-refractivity contribution in [3.8, 4) is 0 Å². The monoisotopic (exact) mass is 307 g/mol. The number of ether oxygens (including phenoxy) is 2. The van der Waals surface area contributed by atoms with Crippen molar-refractivity contribution in [2.45, 2.75) is 26.3 Å². The van der Waals surface area contributed by atoms with Crippen LogP contribution in [0.25, 0.3) is 0 Å². The summed E-state index contributed by atoms with van der Waals surface area (Å²) < 4.78 is 9.58. The van der Waals surface area contributed by atoms with Gasteiger partial charge in [-0.05, 0) is 18.1 Å². The molecule has 0 radical (unpaired) electrons. The van der Waals surface area contributed by atoms with Crippen LogP contribution < -0.4 is 5.32 Å². The van der Waals surface area contributed by atoms with Crippen molar-refractivity contribution in [3.63, 3.8) is 0 Å². The summed E-state index contributed by atoms with van der Waals surface area (Å²) in [6, 6.07) is 7.61. The number of nitrogens with one attached hydrogen (secondary N) is 1. The van der Waals surface area contributed by atoms with Crippen LogP contribution in [-0.4, -0.2) is 37.6 Å². The molecule has 22 heavy (non-hydrogen) atoms. The van der Waals surface area contributed by atoms with E-state index in [1.165, 1.54) is 7.11 Å². The maximum atomic E-state index is 11.8. The third kappa shape index (κ3) is 5.20. The first-order chi connectivity index (χ1) is 10.5. The van der Waals surface area contributed by atoms with Gasteiger partial charge in [-0.3, -0.25) is 4.79 Å². The minimum atomic E-state index is -0.752. The highest BCUT2D eigenvalue weighted by Crippen LogP contribution is 2.09. The summed E-state index contributed by atoms with van der Waals surface area (Å²) in [5.74, 6) is -1.73. The molecule has 120 valence electrons. The Balaban J connectivity index is 2.54. The number of benzene rings is 1. The van der Waals surface area contributed by atoms with Gasteiger partial charge in [0.1, 0.15) is 6.04 Å². The van der Waals surface area contributed by atoms with Gasteiger partial charge in [0, 0.05) is 0 Å². The van der Waals surface area contributed by atoms with E-state index in [1.54, 1.807) is 30.3 Å². The minimum absolute atomic E-state index is 0.0822. The van der Waals surface area contributed by atoms with Crippen LogP contribution >= 0.6 is 0 Å². The molecule has 6 heteroatoms. The van der Waals surface area contributed by atoms with Crippen molar-refractivity contribution in [1.82, 2.24) is 5.32 Å². The largest absolute Gasteiger partial charge is 0.467 e. The standard InChI is InChI=1S/C16H21NO5/c1-4-11(2)14(16(20)21-3)17-13(18)10-22-15(19)12-8-6-5-7-9-12/h5-9,11,14H,4,10H2,1-3H3,(H,17,18). The Labute approximate surface area is 129 Å². The third-order valence-corrected chi connectivity index (χ3v) is 3.33. The average Bonchev–Trinajstić information content (AvgIpc) is 2.56. The zero-order chi connectivity index (χ0) is 16.5. The number of methoxy groups -OCH3 is 1. The van der Waals surface area contributed by atoms with Gasteiger partial charge in [0.25, 0.3) is 5.91 Å². The fourth-order valence-corrected chi connectivity index (χ4v) is 1.80. The van der Waals surface area contributed by atoms with Gasteiger partial charge in [-0.1, -0.05) is 38.5 Å². The molecule has 0 saturated heterocycles. The summed E-state index contributed by atoms with van der Waals surface area (Å²) in [6.07, 6.45) is 0.698. The van der Waals surface area contributed by atoms with E-state index in [0.29, 0.717) is 12.0 Å². The normalized spacial score (nSPS) is 12.9.